The summed E-state index contributed by atoms with van der Waals surface area (Å²) in [6.45, 7) is 0. The van der Waals surface area contributed by atoms with Gasteiger partial charge < -0.3 is 0 Å². The molecule has 0 radical (unpaired) electrons. The van der Waals surface area contributed by atoms with E-state index in [-0.39, 0.29) is 0 Å². The van der Waals surface area contributed by atoms with Crippen LogP contribution in [-0.2, 0) is 0 Å². The van der Waals surface area contributed by atoms with Gasteiger partial charge in [-0.3, -0.25) is 0 Å². The third-order valence-corrected chi connectivity index (χ3v) is 1.81. The van der Waals surface area contributed by atoms with Crippen LogP contribution in [0.15, 0.2) is 24.5 Å². The quantitative estimate of drug-likeness (QED) is 0.575. The van der Waals surface area contributed by atoms with Gasteiger partial charge in [-0.1, -0.05) is 0 Å². The van der Waals surface area contributed by atoms with Crippen molar-refractivity contribution in [3.05, 3.63) is 24.5 Å². The monoisotopic (exact) mass is 187 g/mol. The zero-order chi connectivity index (χ0) is 9.38. The first-order valence-corrected chi connectivity index (χ1v) is 3.98. The van der Waals surface area contributed by atoms with Crippen LogP contribution in [0.5, 0.6) is 0 Å². The topological polar surface area (TPSA) is 84.6 Å². The summed E-state index contributed by atoms with van der Waals surface area (Å²) < 4.78 is 1.66. The van der Waals surface area contributed by atoms with Crippen molar-refractivity contribution in [1.29, 1.82) is 0 Å². The van der Waals surface area contributed by atoms with Crippen molar-refractivity contribution in [3.63, 3.8) is 0 Å². The normalized spacial score (nSPS) is 10.9. The summed E-state index contributed by atoms with van der Waals surface area (Å²) >= 11 is 0. The minimum atomic E-state index is 0.468. The molecule has 0 spiro atoms. The van der Waals surface area contributed by atoms with Gasteiger partial charge in [0.25, 0.3) is 0 Å². The van der Waals surface area contributed by atoms with E-state index in [2.05, 4.69) is 30.7 Å². The van der Waals surface area contributed by atoms with Crippen molar-refractivity contribution in [2.24, 2.45) is 0 Å². The van der Waals surface area contributed by atoms with Crippen molar-refractivity contribution in [2.45, 2.75) is 0 Å². The highest BCUT2D eigenvalue weighted by Gasteiger charge is 2.07. The molecule has 0 amide bonds. The van der Waals surface area contributed by atoms with Crippen molar-refractivity contribution in [3.8, 4) is 11.5 Å². The second-order valence-electron chi connectivity index (χ2n) is 2.69. The van der Waals surface area contributed by atoms with Gasteiger partial charge in [0.05, 0.1) is 0 Å². The summed E-state index contributed by atoms with van der Waals surface area (Å²) in [6, 6.07) is 3.60. The number of rotatable bonds is 1. The van der Waals surface area contributed by atoms with Gasteiger partial charge in [0.2, 0.25) is 5.82 Å². The molecule has 0 atom stereocenters. The molecule has 3 aromatic rings. The fraction of sp³-hybridized carbons (Fsp3) is 0. The summed E-state index contributed by atoms with van der Waals surface area (Å²) in [5.74, 6) is 0.468. The van der Waals surface area contributed by atoms with Gasteiger partial charge in [-0.15, -0.1) is 10.2 Å². The van der Waals surface area contributed by atoms with Crippen molar-refractivity contribution in [2.75, 3.05) is 0 Å². The molecule has 3 heterocycles. The molecule has 7 heteroatoms. The van der Waals surface area contributed by atoms with E-state index in [9.17, 15) is 0 Å². The van der Waals surface area contributed by atoms with Crippen LogP contribution >= 0.6 is 0 Å². The molecule has 0 fully saturated rings. The maximum atomic E-state index is 4.22. The highest BCUT2D eigenvalue weighted by atomic mass is 15.5. The number of fused-ring (bicyclic) bond motifs is 1. The molecule has 0 saturated heterocycles. The molecule has 0 aliphatic rings. The standard InChI is InChI=1S/C7H5N7/c1-2-8-6-4-5(11-14(6)3-1)7-9-12-13-10-7/h1-4H,(H,9,10,12,13). The zero-order valence-corrected chi connectivity index (χ0v) is 6.99. The number of hydrogen-bond donors (Lipinski definition) is 1. The van der Waals surface area contributed by atoms with E-state index >= 15 is 0 Å². The number of nitrogens with zero attached hydrogens (tertiary/aromatic N) is 6. The predicted molar refractivity (Wildman–Crippen MR) is 46.2 cm³/mol. The Labute approximate surface area is 77.8 Å². The molecular weight excluding hydrogens is 182 g/mol. The van der Waals surface area contributed by atoms with Crippen LogP contribution in [-0.4, -0.2) is 35.2 Å². The van der Waals surface area contributed by atoms with Crippen LogP contribution in [0.3, 0.4) is 0 Å². The Bertz CT molecular complexity index is 519. The van der Waals surface area contributed by atoms with E-state index in [0.717, 1.165) is 5.65 Å². The maximum Gasteiger partial charge on any atom is 0.224 e. The molecule has 3 rings (SSSR count). The first kappa shape index (κ1) is 7.13. The van der Waals surface area contributed by atoms with Gasteiger partial charge >= 0.3 is 0 Å². The van der Waals surface area contributed by atoms with E-state index in [1.165, 1.54) is 0 Å². The van der Waals surface area contributed by atoms with E-state index in [0.29, 0.717) is 11.5 Å². The number of aromatic nitrogens is 7. The summed E-state index contributed by atoms with van der Waals surface area (Å²) in [5.41, 5.74) is 1.41. The maximum absolute atomic E-state index is 4.22. The Kier molecular flexibility index (Phi) is 1.32. The predicted octanol–water partition coefficient (Wildman–Crippen LogP) is -0.0906. The Morgan fingerprint density at radius 3 is 3.14 bits per heavy atom. The highest BCUT2D eigenvalue weighted by Crippen LogP contribution is 2.11. The third kappa shape index (κ3) is 0.954. The first-order valence-electron chi connectivity index (χ1n) is 3.98. The lowest BCUT2D eigenvalue weighted by Crippen LogP contribution is -1.87. The van der Waals surface area contributed by atoms with Gasteiger partial charge in [0, 0.05) is 18.5 Å². The smallest absolute Gasteiger partial charge is 0.224 e. The number of H-pyrrole nitrogens is 1. The Morgan fingerprint density at radius 1 is 1.36 bits per heavy atom. The minimum absolute atomic E-state index is 0.468. The van der Waals surface area contributed by atoms with E-state index in [1.807, 2.05) is 6.20 Å². The average Bonchev–Trinajstić information content (AvgIpc) is 2.86. The number of hydrogen-bond acceptors (Lipinski definition) is 5. The second-order valence-corrected chi connectivity index (χ2v) is 2.69. The largest absolute Gasteiger partial charge is 0.237 e. The Morgan fingerprint density at radius 2 is 2.36 bits per heavy atom. The summed E-state index contributed by atoms with van der Waals surface area (Å²) in [5, 5.41) is 17.7. The molecule has 68 valence electrons. The lowest BCUT2D eigenvalue weighted by atomic mass is 10.4. The van der Waals surface area contributed by atoms with Gasteiger partial charge in [0.15, 0.2) is 5.65 Å². The summed E-state index contributed by atoms with van der Waals surface area (Å²) in [7, 11) is 0. The van der Waals surface area contributed by atoms with Gasteiger partial charge in [-0.2, -0.15) is 10.3 Å². The number of tetrazole rings is 1. The van der Waals surface area contributed by atoms with Crippen LogP contribution < -0.4 is 0 Å². The average molecular weight is 187 g/mol. The fourth-order valence-corrected chi connectivity index (χ4v) is 1.21. The van der Waals surface area contributed by atoms with Crippen LogP contribution in [0.4, 0.5) is 0 Å². The fourth-order valence-electron chi connectivity index (χ4n) is 1.21. The lowest BCUT2D eigenvalue weighted by molar-refractivity contribution is 0.881. The molecule has 0 bridgehead atoms. The lowest BCUT2D eigenvalue weighted by Gasteiger charge is -1.86. The molecule has 0 aromatic carbocycles. The molecule has 14 heavy (non-hydrogen) atoms. The van der Waals surface area contributed by atoms with Gasteiger partial charge in [-0.25, -0.2) is 9.50 Å². The van der Waals surface area contributed by atoms with E-state index in [1.54, 1.807) is 22.8 Å². The molecule has 1 N–H and O–H groups in total. The Balaban J connectivity index is 2.24. The number of aromatic amines is 1. The molecule has 7 nitrogen and oxygen atoms in total. The SMILES string of the molecule is c1cnc2cc(-c3nn[nH]n3)nn2c1. The molecule has 3 aromatic heterocycles. The molecular formula is C7H5N7. The van der Waals surface area contributed by atoms with Crippen molar-refractivity contribution >= 4 is 5.65 Å². The zero-order valence-electron chi connectivity index (χ0n) is 6.99. The molecule has 0 aliphatic carbocycles. The highest BCUT2D eigenvalue weighted by molar-refractivity contribution is 5.56. The second kappa shape index (κ2) is 2.59. The van der Waals surface area contributed by atoms with E-state index in [4.69, 9.17) is 0 Å². The Hall–Kier alpha value is -2.31. The molecule has 0 unspecified atom stereocenters. The van der Waals surface area contributed by atoms with Crippen LogP contribution in [0.1, 0.15) is 0 Å². The first-order chi connectivity index (χ1) is 6.93. The number of nitrogens with one attached hydrogen (secondary N) is 1. The third-order valence-electron chi connectivity index (χ3n) is 1.81. The van der Waals surface area contributed by atoms with Crippen LogP contribution in [0.25, 0.3) is 17.2 Å². The van der Waals surface area contributed by atoms with Gasteiger partial charge in [0.1, 0.15) is 5.69 Å². The molecule has 0 saturated carbocycles. The van der Waals surface area contributed by atoms with Gasteiger partial charge in [-0.05, 0) is 11.3 Å². The minimum Gasteiger partial charge on any atom is -0.237 e. The summed E-state index contributed by atoms with van der Waals surface area (Å²) in [4.78, 5) is 4.13. The molecule has 0 aliphatic heterocycles. The van der Waals surface area contributed by atoms with E-state index < -0.39 is 0 Å². The van der Waals surface area contributed by atoms with Crippen molar-refractivity contribution in [1.82, 2.24) is 35.2 Å². The van der Waals surface area contributed by atoms with Crippen LogP contribution in [0.2, 0.25) is 0 Å². The van der Waals surface area contributed by atoms with Crippen molar-refractivity contribution < 1.29 is 0 Å². The summed E-state index contributed by atoms with van der Waals surface area (Å²) in [6.07, 6.45) is 3.52. The van der Waals surface area contributed by atoms with Crippen LogP contribution in [0, 0.1) is 0 Å².